The summed E-state index contributed by atoms with van der Waals surface area (Å²) in [6.07, 6.45) is 3.30. The van der Waals surface area contributed by atoms with Crippen molar-refractivity contribution in [2.24, 2.45) is 0 Å². The first kappa shape index (κ1) is 15.1. The zero-order valence-corrected chi connectivity index (χ0v) is 10.7. The Morgan fingerprint density at radius 3 is 2.06 bits per heavy atom. The first-order valence-corrected chi connectivity index (χ1v) is 5.02. The first-order valence-electron chi connectivity index (χ1n) is 4.21. The minimum atomic E-state index is 0. The Bertz CT molecular complexity index is 507. The first-order chi connectivity index (χ1) is 7.20. The minimum absolute atomic E-state index is 0. The van der Waals surface area contributed by atoms with E-state index in [1.54, 1.807) is 18.2 Å². The molecule has 2 aromatic heterocycles. The molecule has 0 saturated carbocycles. The monoisotopic (exact) mass is 301 g/mol. The van der Waals surface area contributed by atoms with E-state index in [1.165, 1.54) is 6.20 Å². The van der Waals surface area contributed by atoms with E-state index >= 15 is 0 Å². The molecule has 1 radical (unpaired) electrons. The molecule has 16 heavy (non-hydrogen) atoms. The van der Waals surface area contributed by atoms with E-state index in [4.69, 9.17) is 17.4 Å². The maximum atomic E-state index is 8.73. The van der Waals surface area contributed by atoms with Gasteiger partial charge >= 0.3 is 0 Å². The maximum Gasteiger partial charge on any atom is 0.142 e. The topological polar surface area (TPSA) is 41.0 Å². The molecule has 0 atom stereocenters. The molecule has 0 amide bonds. The molecule has 0 fully saturated rings. The van der Waals surface area contributed by atoms with Crippen LogP contribution in [0.1, 0.15) is 0 Å². The van der Waals surface area contributed by atoms with E-state index in [-0.39, 0.29) is 17.1 Å². The van der Waals surface area contributed by atoms with Crippen LogP contribution in [0.25, 0.3) is 0 Å². The van der Waals surface area contributed by atoms with Gasteiger partial charge in [-0.2, -0.15) is 4.73 Å². The number of aromatic nitrogens is 2. The van der Waals surface area contributed by atoms with Gasteiger partial charge in [0.2, 0.25) is 0 Å². The van der Waals surface area contributed by atoms with Crippen LogP contribution < -0.4 is 0 Å². The van der Waals surface area contributed by atoms with E-state index < -0.39 is 0 Å². The van der Waals surface area contributed by atoms with Gasteiger partial charge in [-0.1, -0.05) is 36.6 Å². The fourth-order valence-corrected chi connectivity index (χ4v) is 1.08. The SMILES string of the molecule is On1ccccc1=S.S=c1cccc[nH]1.[Cu]. The molecular formula is C10H10CuN2OS2. The Balaban J connectivity index is 0.000000267. The van der Waals surface area contributed by atoms with Crippen LogP contribution in [0.2, 0.25) is 0 Å². The van der Waals surface area contributed by atoms with E-state index in [1.807, 2.05) is 24.4 Å². The predicted octanol–water partition coefficient (Wildman–Crippen LogP) is 3.20. The van der Waals surface area contributed by atoms with Crippen LogP contribution in [0.15, 0.2) is 48.8 Å². The van der Waals surface area contributed by atoms with Crippen molar-refractivity contribution in [3.05, 3.63) is 58.1 Å². The van der Waals surface area contributed by atoms with Crippen molar-refractivity contribution < 1.29 is 22.3 Å². The van der Waals surface area contributed by atoms with Gasteiger partial charge in [0.25, 0.3) is 0 Å². The average Bonchev–Trinajstić information content (AvgIpc) is 2.25. The summed E-state index contributed by atoms with van der Waals surface area (Å²) in [5, 5.41) is 8.73. The fourth-order valence-electron chi connectivity index (χ4n) is 0.796. The van der Waals surface area contributed by atoms with Crippen LogP contribution >= 0.6 is 24.4 Å². The second-order valence-corrected chi connectivity index (χ2v) is 3.47. The minimum Gasteiger partial charge on any atom is -0.428 e. The Morgan fingerprint density at radius 1 is 1.06 bits per heavy atom. The van der Waals surface area contributed by atoms with Crippen molar-refractivity contribution in [3.8, 4) is 0 Å². The third-order valence-electron chi connectivity index (χ3n) is 1.48. The molecule has 0 spiro atoms. The number of aromatic amines is 1. The molecule has 0 aromatic carbocycles. The van der Waals surface area contributed by atoms with Gasteiger partial charge in [-0.25, -0.2) is 0 Å². The quantitative estimate of drug-likeness (QED) is 0.446. The summed E-state index contributed by atoms with van der Waals surface area (Å²) in [5.74, 6) is 0. The van der Waals surface area contributed by atoms with E-state index in [2.05, 4.69) is 17.2 Å². The van der Waals surface area contributed by atoms with Gasteiger partial charge in [0, 0.05) is 29.5 Å². The molecule has 0 bridgehead atoms. The number of rotatable bonds is 0. The Labute approximate surface area is 114 Å². The zero-order chi connectivity index (χ0) is 11.1. The number of pyridine rings is 2. The molecule has 0 aliphatic carbocycles. The standard InChI is InChI=1S/C5H5NOS.C5H5NS.Cu/c7-6-4-2-1-3-5(6)8;7-5-3-1-2-4-6-5;/h1-4,7H;1-4H,(H,6,7);. The maximum absolute atomic E-state index is 8.73. The summed E-state index contributed by atoms with van der Waals surface area (Å²) in [6.45, 7) is 0. The molecule has 2 heterocycles. The number of H-pyrrole nitrogens is 1. The smallest absolute Gasteiger partial charge is 0.142 e. The van der Waals surface area contributed by atoms with Gasteiger partial charge < -0.3 is 10.2 Å². The normalized spacial score (nSPS) is 8.25. The van der Waals surface area contributed by atoms with Crippen LogP contribution in [-0.2, 0) is 17.1 Å². The van der Waals surface area contributed by atoms with Crippen molar-refractivity contribution in [1.82, 2.24) is 9.71 Å². The zero-order valence-electron chi connectivity index (χ0n) is 8.13. The Morgan fingerprint density at radius 2 is 1.75 bits per heavy atom. The third kappa shape index (κ3) is 5.82. The molecule has 3 nitrogen and oxygen atoms in total. The van der Waals surface area contributed by atoms with Crippen molar-refractivity contribution in [1.29, 1.82) is 0 Å². The molecule has 89 valence electrons. The average molecular weight is 302 g/mol. The molecular weight excluding hydrogens is 292 g/mol. The van der Waals surface area contributed by atoms with E-state index in [0.29, 0.717) is 4.64 Å². The van der Waals surface area contributed by atoms with Gasteiger partial charge in [-0.3, -0.25) is 0 Å². The van der Waals surface area contributed by atoms with Gasteiger partial charge in [0.15, 0.2) is 0 Å². The largest absolute Gasteiger partial charge is 0.428 e. The van der Waals surface area contributed by atoms with Crippen LogP contribution in [-0.4, -0.2) is 14.9 Å². The summed E-state index contributed by atoms with van der Waals surface area (Å²) >= 11 is 9.42. The molecule has 0 aliphatic heterocycles. The second-order valence-electron chi connectivity index (χ2n) is 2.61. The molecule has 2 rings (SSSR count). The van der Waals surface area contributed by atoms with Gasteiger partial charge in [-0.15, -0.1) is 0 Å². The van der Waals surface area contributed by atoms with Crippen LogP contribution in [0.3, 0.4) is 0 Å². The van der Waals surface area contributed by atoms with Crippen LogP contribution in [0.4, 0.5) is 0 Å². The summed E-state index contributed by atoms with van der Waals surface area (Å²) in [6, 6.07) is 10.8. The summed E-state index contributed by atoms with van der Waals surface area (Å²) in [5.41, 5.74) is 0. The summed E-state index contributed by atoms with van der Waals surface area (Å²) < 4.78 is 2.10. The van der Waals surface area contributed by atoms with Crippen molar-refractivity contribution >= 4 is 24.4 Å². The molecule has 2 N–H and O–H groups in total. The van der Waals surface area contributed by atoms with Crippen molar-refractivity contribution in [2.45, 2.75) is 0 Å². The van der Waals surface area contributed by atoms with Crippen LogP contribution in [0, 0.1) is 9.28 Å². The molecule has 0 aliphatic rings. The third-order valence-corrected chi connectivity index (χ3v) is 2.06. The molecule has 6 heteroatoms. The molecule has 0 unspecified atom stereocenters. The second kappa shape index (κ2) is 8.24. The van der Waals surface area contributed by atoms with E-state index in [9.17, 15) is 0 Å². The van der Waals surface area contributed by atoms with Crippen molar-refractivity contribution in [2.75, 3.05) is 0 Å². The number of hydrogen-bond acceptors (Lipinski definition) is 3. The Hall–Kier alpha value is -0.941. The van der Waals surface area contributed by atoms with Gasteiger partial charge in [0.1, 0.15) is 9.28 Å². The summed E-state index contributed by atoms with van der Waals surface area (Å²) in [4.78, 5) is 2.85. The molecule has 0 saturated heterocycles. The van der Waals surface area contributed by atoms with Gasteiger partial charge in [-0.05, 0) is 24.3 Å². The predicted molar refractivity (Wildman–Crippen MR) is 64.1 cm³/mol. The number of hydrogen-bond donors (Lipinski definition) is 2. The number of nitrogens with zero attached hydrogens (tertiary/aromatic N) is 1. The molecule has 2 aromatic rings. The summed E-state index contributed by atoms with van der Waals surface area (Å²) in [7, 11) is 0. The van der Waals surface area contributed by atoms with Crippen molar-refractivity contribution in [3.63, 3.8) is 0 Å². The Kier molecular flexibility index (Phi) is 7.75. The van der Waals surface area contributed by atoms with Crippen LogP contribution in [0.5, 0.6) is 0 Å². The van der Waals surface area contributed by atoms with Gasteiger partial charge in [0.05, 0.1) is 0 Å². The van der Waals surface area contributed by atoms with E-state index in [0.717, 1.165) is 9.37 Å². The number of nitrogens with one attached hydrogen (secondary N) is 1. The fraction of sp³-hybridized carbons (Fsp3) is 0.